The molecule has 0 aromatic heterocycles. The van der Waals surface area contributed by atoms with E-state index >= 15 is 0 Å². The third kappa shape index (κ3) is 3.10. The maximum Gasteiger partial charge on any atom is 0.253 e. The molecule has 1 heterocycles. The minimum absolute atomic E-state index is 0.125. The summed E-state index contributed by atoms with van der Waals surface area (Å²) in [6.07, 6.45) is 3.70. The second-order valence-electron chi connectivity index (χ2n) is 5.15. The number of nitrogens with one attached hydrogen (secondary N) is 1. The van der Waals surface area contributed by atoms with Crippen molar-refractivity contribution in [1.29, 1.82) is 0 Å². The van der Waals surface area contributed by atoms with Crippen molar-refractivity contribution in [2.24, 2.45) is 0 Å². The van der Waals surface area contributed by atoms with E-state index in [1.807, 2.05) is 43.1 Å². The largest absolute Gasteiger partial charge is 0.340 e. The van der Waals surface area contributed by atoms with Gasteiger partial charge in [0, 0.05) is 25.2 Å². The number of rotatable bonds is 3. The van der Waals surface area contributed by atoms with Crippen molar-refractivity contribution in [1.82, 2.24) is 10.2 Å². The summed E-state index contributed by atoms with van der Waals surface area (Å²) in [5, 5.41) is 3.48. The predicted octanol–water partition coefficient (Wildman–Crippen LogP) is 2.21. The molecule has 1 N–H and O–H groups in total. The molecule has 98 valence electrons. The SMILES string of the molecule is Cc1ccccc1C(=O)N(C)CC1CCCCN1. The number of nitrogens with zero attached hydrogens (tertiary/aromatic N) is 1. The Balaban J connectivity index is 1.98. The fourth-order valence-electron chi connectivity index (χ4n) is 2.51. The number of amides is 1. The molecule has 0 bridgehead atoms. The Morgan fingerprint density at radius 3 is 2.83 bits per heavy atom. The smallest absolute Gasteiger partial charge is 0.253 e. The molecule has 0 aliphatic carbocycles. The molecule has 1 aliphatic rings. The molecule has 18 heavy (non-hydrogen) atoms. The van der Waals surface area contributed by atoms with Crippen LogP contribution in [0.2, 0.25) is 0 Å². The quantitative estimate of drug-likeness (QED) is 0.887. The highest BCUT2D eigenvalue weighted by Crippen LogP contribution is 2.12. The lowest BCUT2D eigenvalue weighted by Crippen LogP contribution is -2.44. The third-order valence-electron chi connectivity index (χ3n) is 3.63. The number of carbonyl (C=O) groups excluding carboxylic acids is 1. The molecular formula is C15H22N2O. The van der Waals surface area contributed by atoms with Gasteiger partial charge in [-0.15, -0.1) is 0 Å². The summed E-state index contributed by atoms with van der Waals surface area (Å²) in [7, 11) is 1.89. The summed E-state index contributed by atoms with van der Waals surface area (Å²) in [5.74, 6) is 0.125. The summed E-state index contributed by atoms with van der Waals surface area (Å²) < 4.78 is 0. The van der Waals surface area contributed by atoms with Gasteiger partial charge >= 0.3 is 0 Å². The van der Waals surface area contributed by atoms with Gasteiger partial charge in [0.25, 0.3) is 5.91 Å². The van der Waals surface area contributed by atoms with Gasteiger partial charge in [0.2, 0.25) is 0 Å². The van der Waals surface area contributed by atoms with Gasteiger partial charge in [-0.05, 0) is 37.9 Å². The van der Waals surface area contributed by atoms with Gasteiger partial charge in [0.15, 0.2) is 0 Å². The van der Waals surface area contributed by atoms with Crippen LogP contribution in [0.4, 0.5) is 0 Å². The Labute approximate surface area is 109 Å². The second-order valence-corrected chi connectivity index (χ2v) is 5.15. The van der Waals surface area contributed by atoms with Crippen LogP contribution in [0.3, 0.4) is 0 Å². The highest BCUT2D eigenvalue weighted by Gasteiger charge is 2.19. The van der Waals surface area contributed by atoms with Crippen molar-refractivity contribution < 1.29 is 4.79 Å². The van der Waals surface area contributed by atoms with E-state index in [2.05, 4.69) is 5.32 Å². The van der Waals surface area contributed by atoms with Gasteiger partial charge in [-0.25, -0.2) is 0 Å². The lowest BCUT2D eigenvalue weighted by molar-refractivity contribution is 0.0774. The Hall–Kier alpha value is -1.35. The molecule has 1 unspecified atom stereocenters. The average Bonchev–Trinajstić information content (AvgIpc) is 2.39. The van der Waals surface area contributed by atoms with Crippen LogP contribution in [0.1, 0.15) is 35.2 Å². The number of benzene rings is 1. The van der Waals surface area contributed by atoms with Crippen molar-refractivity contribution >= 4 is 5.91 Å². The monoisotopic (exact) mass is 246 g/mol. The highest BCUT2D eigenvalue weighted by atomic mass is 16.2. The summed E-state index contributed by atoms with van der Waals surface area (Å²) in [5.41, 5.74) is 1.86. The van der Waals surface area contributed by atoms with Crippen LogP contribution in [0.5, 0.6) is 0 Å². The molecular weight excluding hydrogens is 224 g/mol. The molecule has 1 saturated heterocycles. The van der Waals surface area contributed by atoms with Crippen LogP contribution >= 0.6 is 0 Å². The van der Waals surface area contributed by atoms with Gasteiger partial charge < -0.3 is 10.2 Å². The van der Waals surface area contributed by atoms with Crippen molar-refractivity contribution in [3.63, 3.8) is 0 Å². The first kappa shape index (κ1) is 13.1. The number of hydrogen-bond acceptors (Lipinski definition) is 2. The molecule has 0 spiro atoms. The normalized spacial score (nSPS) is 19.6. The van der Waals surface area contributed by atoms with Crippen molar-refractivity contribution in [2.75, 3.05) is 20.1 Å². The number of likely N-dealkylation sites (N-methyl/N-ethyl adjacent to an activating group) is 1. The first-order valence-corrected chi connectivity index (χ1v) is 6.73. The van der Waals surface area contributed by atoms with Crippen LogP contribution in [0.15, 0.2) is 24.3 Å². The Bertz CT molecular complexity index is 411. The van der Waals surface area contributed by atoms with E-state index in [0.29, 0.717) is 6.04 Å². The zero-order valence-electron chi connectivity index (χ0n) is 11.3. The topological polar surface area (TPSA) is 32.3 Å². The first-order valence-electron chi connectivity index (χ1n) is 6.73. The molecule has 1 aromatic carbocycles. The molecule has 3 nitrogen and oxygen atoms in total. The number of hydrogen-bond donors (Lipinski definition) is 1. The zero-order valence-corrected chi connectivity index (χ0v) is 11.3. The fourth-order valence-corrected chi connectivity index (χ4v) is 2.51. The van der Waals surface area contributed by atoms with E-state index in [1.54, 1.807) is 0 Å². The van der Waals surface area contributed by atoms with Crippen molar-refractivity contribution in [3.05, 3.63) is 35.4 Å². The van der Waals surface area contributed by atoms with Crippen LogP contribution in [-0.4, -0.2) is 37.0 Å². The van der Waals surface area contributed by atoms with Gasteiger partial charge in [-0.1, -0.05) is 24.6 Å². The minimum atomic E-state index is 0.125. The lowest BCUT2D eigenvalue weighted by atomic mass is 10.0. The Morgan fingerprint density at radius 2 is 2.17 bits per heavy atom. The van der Waals surface area contributed by atoms with Gasteiger partial charge in [0.1, 0.15) is 0 Å². The molecule has 1 atom stereocenters. The van der Waals surface area contributed by atoms with Crippen molar-refractivity contribution in [3.8, 4) is 0 Å². The Morgan fingerprint density at radius 1 is 1.39 bits per heavy atom. The third-order valence-corrected chi connectivity index (χ3v) is 3.63. The van der Waals surface area contributed by atoms with E-state index in [9.17, 15) is 4.79 Å². The molecule has 0 saturated carbocycles. The van der Waals surface area contributed by atoms with Crippen LogP contribution in [0.25, 0.3) is 0 Å². The molecule has 0 radical (unpaired) electrons. The standard InChI is InChI=1S/C15H22N2O/c1-12-7-3-4-9-14(12)15(18)17(2)11-13-8-5-6-10-16-13/h3-4,7,9,13,16H,5-6,8,10-11H2,1-2H3. The average molecular weight is 246 g/mol. The molecule has 1 aliphatic heterocycles. The van der Waals surface area contributed by atoms with Gasteiger partial charge in [0.05, 0.1) is 0 Å². The maximum absolute atomic E-state index is 12.3. The van der Waals surface area contributed by atoms with Crippen LogP contribution in [0, 0.1) is 6.92 Å². The lowest BCUT2D eigenvalue weighted by Gasteiger charge is -2.28. The highest BCUT2D eigenvalue weighted by molar-refractivity contribution is 5.95. The summed E-state index contributed by atoms with van der Waals surface area (Å²) >= 11 is 0. The summed E-state index contributed by atoms with van der Waals surface area (Å²) in [6.45, 7) is 3.87. The summed E-state index contributed by atoms with van der Waals surface area (Å²) in [6, 6.07) is 8.24. The molecule has 1 fully saturated rings. The van der Waals surface area contributed by atoms with E-state index in [4.69, 9.17) is 0 Å². The van der Waals surface area contributed by atoms with Gasteiger partial charge in [-0.3, -0.25) is 4.79 Å². The maximum atomic E-state index is 12.3. The Kier molecular flexibility index (Phi) is 4.37. The van der Waals surface area contributed by atoms with Crippen LogP contribution < -0.4 is 5.32 Å². The number of carbonyl (C=O) groups is 1. The minimum Gasteiger partial charge on any atom is -0.340 e. The molecule has 3 heteroatoms. The molecule has 2 rings (SSSR count). The first-order chi connectivity index (χ1) is 8.68. The second kappa shape index (κ2) is 6.01. The predicted molar refractivity (Wildman–Crippen MR) is 73.8 cm³/mol. The van der Waals surface area contributed by atoms with E-state index in [0.717, 1.165) is 24.2 Å². The van der Waals surface area contributed by atoms with E-state index in [1.165, 1.54) is 19.3 Å². The van der Waals surface area contributed by atoms with E-state index in [-0.39, 0.29) is 5.91 Å². The fraction of sp³-hybridized carbons (Fsp3) is 0.533. The van der Waals surface area contributed by atoms with Gasteiger partial charge in [-0.2, -0.15) is 0 Å². The molecule has 1 aromatic rings. The zero-order chi connectivity index (χ0) is 13.0. The number of piperidine rings is 1. The van der Waals surface area contributed by atoms with E-state index < -0.39 is 0 Å². The van der Waals surface area contributed by atoms with Crippen molar-refractivity contribution in [2.45, 2.75) is 32.2 Å². The van der Waals surface area contributed by atoms with Crippen LogP contribution in [-0.2, 0) is 0 Å². The number of aryl methyl sites for hydroxylation is 1. The molecule has 1 amide bonds. The summed E-state index contributed by atoms with van der Waals surface area (Å²) in [4.78, 5) is 14.2.